The van der Waals surface area contributed by atoms with Crippen LogP contribution in [0.15, 0.2) is 37.8 Å². The minimum Gasteiger partial charge on any atom is -0.297 e. The van der Waals surface area contributed by atoms with Crippen LogP contribution in [-0.4, -0.2) is 35.6 Å². The predicted octanol–water partition coefficient (Wildman–Crippen LogP) is 18.6. The first-order chi connectivity index (χ1) is 29.7. The van der Waals surface area contributed by atoms with Crippen molar-refractivity contribution in [2.45, 2.75) is 177 Å². The Balaban J connectivity index is 1.71. The number of hydrogen-bond donors (Lipinski definition) is 0. The molecule has 2 aromatic heterocycles. The topological polar surface area (TPSA) is 34.1 Å². The van der Waals surface area contributed by atoms with Crippen LogP contribution in [0.2, 0.25) is 0 Å². The first-order valence-electron chi connectivity index (χ1n) is 24.3. The van der Waals surface area contributed by atoms with E-state index < -0.39 is 0 Å². The SMILES string of the molecule is CCCCC(CC)CSC(SCC(CC)CCCC)=C1C2=C(C=C3C(=C(SCC(CC)CCCC)SCC(CC)CCCC)c4cc(C=O)sc4C3(C)C2)c2sc(C=O)cc21. The Labute approximate surface area is 397 Å². The maximum Gasteiger partial charge on any atom is 0.160 e. The van der Waals surface area contributed by atoms with Crippen LogP contribution in [0.25, 0.3) is 16.7 Å². The molecule has 5 atom stereocenters. The van der Waals surface area contributed by atoms with Gasteiger partial charge in [-0.1, -0.05) is 139 Å². The largest absolute Gasteiger partial charge is 0.297 e. The fraction of sp³-hybridized carbons (Fsp3) is 0.660. The number of rotatable bonds is 30. The van der Waals surface area contributed by atoms with E-state index in [0.717, 1.165) is 51.8 Å². The third-order valence-corrected chi connectivity index (χ3v) is 22.0. The molecule has 8 heteroatoms. The molecular weight excluding hydrogens is 861 g/mol. The minimum atomic E-state index is -0.228. The maximum absolute atomic E-state index is 12.6. The van der Waals surface area contributed by atoms with Gasteiger partial charge in [-0.05, 0) is 96.3 Å². The molecule has 0 saturated heterocycles. The van der Waals surface area contributed by atoms with Crippen molar-refractivity contribution in [2.75, 3.05) is 23.0 Å². The molecule has 0 aliphatic heterocycles. The molecule has 2 aromatic rings. The van der Waals surface area contributed by atoms with Crippen molar-refractivity contribution in [3.8, 4) is 0 Å². The van der Waals surface area contributed by atoms with Crippen LogP contribution in [0.1, 0.15) is 212 Å². The Morgan fingerprint density at radius 3 is 1.43 bits per heavy atom. The summed E-state index contributed by atoms with van der Waals surface area (Å²) in [5.41, 5.74) is 9.43. The molecule has 61 heavy (non-hydrogen) atoms. The van der Waals surface area contributed by atoms with Gasteiger partial charge >= 0.3 is 0 Å². The molecule has 0 bridgehead atoms. The summed E-state index contributed by atoms with van der Waals surface area (Å²) in [6.45, 7) is 21.3. The quantitative estimate of drug-likeness (QED) is 0.0726. The fourth-order valence-corrected chi connectivity index (χ4v) is 17.6. The van der Waals surface area contributed by atoms with E-state index in [1.807, 2.05) is 0 Å². The molecule has 3 aliphatic carbocycles. The number of thioether (sulfide) groups is 4. The van der Waals surface area contributed by atoms with Crippen LogP contribution < -0.4 is 0 Å². The van der Waals surface area contributed by atoms with Gasteiger partial charge in [-0.2, -0.15) is 0 Å². The Hall–Kier alpha value is -0.900. The van der Waals surface area contributed by atoms with E-state index >= 15 is 0 Å². The van der Waals surface area contributed by atoms with E-state index in [2.05, 4.69) is 128 Å². The van der Waals surface area contributed by atoms with Gasteiger partial charge in [-0.3, -0.25) is 9.59 Å². The van der Waals surface area contributed by atoms with Gasteiger partial charge in [0.15, 0.2) is 12.6 Å². The normalized spacial score (nSPS) is 18.7. The number of thiophene rings is 2. The summed E-state index contributed by atoms with van der Waals surface area (Å²) in [6.07, 6.45) is 25.9. The lowest BCUT2D eigenvalue weighted by atomic mass is 9.73. The van der Waals surface area contributed by atoms with Crippen LogP contribution in [0.5, 0.6) is 0 Å². The summed E-state index contributed by atoms with van der Waals surface area (Å²) in [7, 11) is 0. The zero-order chi connectivity index (χ0) is 43.9. The molecular formula is C53H78O2S6. The van der Waals surface area contributed by atoms with Crippen molar-refractivity contribution < 1.29 is 9.59 Å². The van der Waals surface area contributed by atoms with Gasteiger partial charge in [-0.25, -0.2) is 0 Å². The summed E-state index contributed by atoms with van der Waals surface area (Å²) >= 11 is 11.9. The lowest BCUT2D eigenvalue weighted by molar-refractivity contribution is 0.111. The molecule has 0 saturated carbocycles. The fourth-order valence-electron chi connectivity index (χ4n) is 9.33. The predicted molar refractivity (Wildman–Crippen MR) is 283 cm³/mol. The molecule has 0 amide bonds. The van der Waals surface area contributed by atoms with Crippen molar-refractivity contribution in [1.29, 1.82) is 0 Å². The molecule has 0 N–H and O–H groups in total. The van der Waals surface area contributed by atoms with Crippen LogP contribution in [0, 0.1) is 23.7 Å². The van der Waals surface area contributed by atoms with Gasteiger partial charge in [0.25, 0.3) is 0 Å². The highest BCUT2D eigenvalue weighted by Gasteiger charge is 2.50. The third-order valence-electron chi connectivity index (χ3n) is 13.7. The lowest BCUT2D eigenvalue weighted by Gasteiger charge is -2.33. The van der Waals surface area contributed by atoms with Crippen molar-refractivity contribution >= 4 is 99.0 Å². The smallest absolute Gasteiger partial charge is 0.160 e. The standard InChI is InChI=1S/C53H78O2S6/c1-10-18-22-36(14-5)32-56-51(57-33-37(15-6)23-19-11-2)47-43-26-40(30-54)60-49(43)42-28-46-48(44-27-41(31-55)61-50(44)53(46,9)29-45(42)47)52(58-34-38(16-7)24-20-12-3)59-35-39(17-8)25-21-13-4/h26-28,30-31,36-39H,10-25,29,32-35H2,1-9H3. The Kier molecular flexibility index (Phi) is 21.5. The van der Waals surface area contributed by atoms with Gasteiger partial charge in [-0.15, -0.1) is 69.7 Å². The molecule has 5 unspecified atom stereocenters. The van der Waals surface area contributed by atoms with E-state index in [1.54, 1.807) is 22.7 Å². The first-order valence-corrected chi connectivity index (χ1v) is 29.9. The molecule has 0 spiro atoms. The lowest BCUT2D eigenvalue weighted by Crippen LogP contribution is -2.23. The van der Waals surface area contributed by atoms with Crippen molar-refractivity contribution in [3.05, 3.63) is 68.5 Å². The minimum absolute atomic E-state index is 0.228. The highest BCUT2D eigenvalue weighted by molar-refractivity contribution is 8.23. The summed E-state index contributed by atoms with van der Waals surface area (Å²) < 4.78 is 2.94. The second kappa shape index (κ2) is 25.7. The average molecular weight is 940 g/mol. The van der Waals surface area contributed by atoms with Crippen LogP contribution in [0.3, 0.4) is 0 Å². The van der Waals surface area contributed by atoms with Crippen LogP contribution >= 0.6 is 69.7 Å². The van der Waals surface area contributed by atoms with Gasteiger partial charge in [0.2, 0.25) is 0 Å². The Bertz CT molecular complexity index is 1830. The summed E-state index contributed by atoms with van der Waals surface area (Å²) in [5, 5.41) is 0. The number of fused-ring (bicyclic) bond motifs is 5. The third kappa shape index (κ3) is 12.5. The summed E-state index contributed by atoms with van der Waals surface area (Å²) in [4.78, 5) is 29.5. The second-order valence-electron chi connectivity index (χ2n) is 18.2. The van der Waals surface area contributed by atoms with Gasteiger partial charge in [0.1, 0.15) is 0 Å². The first kappa shape index (κ1) is 51.1. The maximum atomic E-state index is 12.6. The number of carbonyl (C=O) groups is 2. The molecule has 338 valence electrons. The monoisotopic (exact) mass is 938 g/mol. The second-order valence-corrected chi connectivity index (χ2v) is 25.0. The molecule has 5 rings (SSSR count). The number of unbranched alkanes of at least 4 members (excludes halogenated alkanes) is 4. The molecule has 2 nitrogen and oxygen atoms in total. The number of carbonyl (C=O) groups excluding carboxylic acids is 2. The average Bonchev–Trinajstić information content (AvgIpc) is 4.02. The van der Waals surface area contributed by atoms with Crippen LogP contribution in [0.4, 0.5) is 0 Å². The van der Waals surface area contributed by atoms with Crippen molar-refractivity contribution in [1.82, 2.24) is 0 Å². The van der Waals surface area contributed by atoms with Crippen molar-refractivity contribution in [2.24, 2.45) is 23.7 Å². The molecule has 0 fully saturated rings. The Morgan fingerprint density at radius 2 is 1.02 bits per heavy atom. The van der Waals surface area contributed by atoms with E-state index in [0.29, 0.717) is 23.7 Å². The molecule has 0 aromatic carbocycles. The molecule has 3 aliphatic rings. The molecule has 2 heterocycles. The zero-order valence-electron chi connectivity index (χ0n) is 39.3. The van der Waals surface area contributed by atoms with Gasteiger partial charge < -0.3 is 0 Å². The molecule has 0 radical (unpaired) electrons. The zero-order valence-corrected chi connectivity index (χ0v) is 44.2. The Morgan fingerprint density at radius 1 is 0.607 bits per heavy atom. The number of aldehydes is 2. The number of allylic oxidation sites excluding steroid dienone is 6. The summed E-state index contributed by atoms with van der Waals surface area (Å²) in [6, 6.07) is 4.46. The van der Waals surface area contributed by atoms with Crippen molar-refractivity contribution in [3.63, 3.8) is 0 Å². The van der Waals surface area contributed by atoms with E-state index in [-0.39, 0.29) is 5.41 Å². The highest BCUT2D eigenvalue weighted by Crippen LogP contribution is 2.65. The van der Waals surface area contributed by atoms with E-state index in [4.69, 9.17) is 0 Å². The van der Waals surface area contributed by atoms with E-state index in [9.17, 15) is 9.59 Å². The van der Waals surface area contributed by atoms with Gasteiger partial charge in [0.05, 0.1) is 9.75 Å². The summed E-state index contributed by atoms with van der Waals surface area (Å²) in [5.74, 6) is 7.38. The van der Waals surface area contributed by atoms with Gasteiger partial charge in [0, 0.05) is 63.4 Å². The van der Waals surface area contributed by atoms with E-state index in [1.165, 1.54) is 160 Å². The number of hydrogen-bond acceptors (Lipinski definition) is 8. The van der Waals surface area contributed by atoms with Crippen LogP contribution in [-0.2, 0) is 5.41 Å². The highest BCUT2D eigenvalue weighted by atomic mass is 32.2.